The van der Waals surface area contributed by atoms with Crippen LogP contribution in [0.5, 0.6) is 0 Å². The van der Waals surface area contributed by atoms with Gasteiger partial charge >= 0.3 is 0 Å². The van der Waals surface area contributed by atoms with Gasteiger partial charge in [0.2, 0.25) is 0 Å². The minimum Gasteiger partial charge on any atom is -0.396 e. The van der Waals surface area contributed by atoms with Gasteiger partial charge in [0.25, 0.3) is 0 Å². The first-order valence-corrected chi connectivity index (χ1v) is 7.04. The molecule has 1 aromatic heterocycles. The minimum atomic E-state index is 0.273. The molecule has 1 heterocycles. The largest absolute Gasteiger partial charge is 0.396 e. The number of hydrogen-bond donors (Lipinski definition) is 1. The maximum absolute atomic E-state index is 8.97. The predicted octanol–water partition coefficient (Wildman–Crippen LogP) is 3.76. The first-order valence-electron chi connectivity index (χ1n) is 7.04. The van der Waals surface area contributed by atoms with E-state index >= 15 is 0 Å². The van der Waals surface area contributed by atoms with Gasteiger partial charge in [-0.05, 0) is 30.9 Å². The van der Waals surface area contributed by atoms with E-state index < -0.39 is 0 Å². The third-order valence-corrected chi connectivity index (χ3v) is 3.48. The fourth-order valence-electron chi connectivity index (χ4n) is 2.51. The molecule has 2 aromatic rings. The van der Waals surface area contributed by atoms with Gasteiger partial charge in [-0.25, -0.2) is 0 Å². The van der Waals surface area contributed by atoms with E-state index in [1.165, 1.54) is 35.7 Å². The molecule has 0 fully saturated rings. The Morgan fingerprint density at radius 2 is 1.94 bits per heavy atom. The van der Waals surface area contributed by atoms with Crippen LogP contribution in [0.1, 0.15) is 38.2 Å². The zero-order valence-corrected chi connectivity index (χ0v) is 11.2. The lowest BCUT2D eigenvalue weighted by Gasteiger charge is -2.03. The Labute approximate surface area is 109 Å². The van der Waals surface area contributed by atoms with E-state index in [2.05, 4.69) is 42.0 Å². The van der Waals surface area contributed by atoms with Crippen molar-refractivity contribution in [2.75, 3.05) is 6.61 Å². The molecule has 2 nitrogen and oxygen atoms in total. The average molecular weight is 245 g/mol. The quantitative estimate of drug-likeness (QED) is 0.738. The number of benzene rings is 1. The smallest absolute Gasteiger partial charge is 0.0483 e. The molecule has 0 radical (unpaired) electrons. The van der Waals surface area contributed by atoms with Crippen LogP contribution in [0.3, 0.4) is 0 Å². The molecule has 1 aromatic carbocycles. The van der Waals surface area contributed by atoms with E-state index in [9.17, 15) is 0 Å². The van der Waals surface area contributed by atoms with E-state index in [0.717, 1.165) is 19.4 Å². The van der Waals surface area contributed by atoms with Crippen LogP contribution in [0.25, 0.3) is 10.9 Å². The number of nitrogens with zero attached hydrogens (tertiary/aromatic N) is 1. The van der Waals surface area contributed by atoms with Gasteiger partial charge in [0.1, 0.15) is 0 Å². The first-order chi connectivity index (χ1) is 8.86. The van der Waals surface area contributed by atoms with Crippen molar-refractivity contribution < 1.29 is 5.11 Å². The van der Waals surface area contributed by atoms with E-state index in [0.29, 0.717) is 0 Å². The highest BCUT2D eigenvalue weighted by Crippen LogP contribution is 2.23. The summed E-state index contributed by atoms with van der Waals surface area (Å²) in [6.07, 6.45) is 7.89. The van der Waals surface area contributed by atoms with Crippen molar-refractivity contribution in [1.29, 1.82) is 0 Å². The van der Waals surface area contributed by atoms with Crippen molar-refractivity contribution in [1.82, 2.24) is 4.57 Å². The van der Waals surface area contributed by atoms with Gasteiger partial charge in [0, 0.05) is 30.3 Å². The summed E-state index contributed by atoms with van der Waals surface area (Å²) in [5.74, 6) is 0. The van der Waals surface area contributed by atoms with Crippen molar-refractivity contribution in [3.63, 3.8) is 0 Å². The zero-order valence-electron chi connectivity index (χ0n) is 11.2. The SMILES string of the molecule is CCCCCn1cc(CCCO)c2ccccc21. The van der Waals surface area contributed by atoms with Crippen LogP contribution in [0.4, 0.5) is 0 Å². The van der Waals surface area contributed by atoms with Crippen molar-refractivity contribution in [3.8, 4) is 0 Å². The normalized spacial score (nSPS) is 11.2. The van der Waals surface area contributed by atoms with Gasteiger partial charge in [0.15, 0.2) is 0 Å². The molecule has 0 aliphatic carbocycles. The Kier molecular flexibility index (Phi) is 4.82. The molecule has 0 spiro atoms. The van der Waals surface area contributed by atoms with Crippen LogP contribution in [0.2, 0.25) is 0 Å². The van der Waals surface area contributed by atoms with Crippen LogP contribution < -0.4 is 0 Å². The highest BCUT2D eigenvalue weighted by molar-refractivity contribution is 5.83. The number of aromatic nitrogens is 1. The second-order valence-corrected chi connectivity index (χ2v) is 4.90. The molecule has 0 saturated carbocycles. The molecular weight excluding hydrogens is 222 g/mol. The maximum atomic E-state index is 8.97. The highest BCUT2D eigenvalue weighted by atomic mass is 16.2. The third-order valence-electron chi connectivity index (χ3n) is 3.48. The molecule has 2 rings (SSSR count). The summed E-state index contributed by atoms with van der Waals surface area (Å²) >= 11 is 0. The standard InChI is InChI=1S/C16H23NO/c1-2-3-6-11-17-13-14(8-7-12-18)15-9-4-5-10-16(15)17/h4-5,9-10,13,18H,2-3,6-8,11-12H2,1H3. The van der Waals surface area contributed by atoms with Crippen molar-refractivity contribution in [3.05, 3.63) is 36.0 Å². The Morgan fingerprint density at radius 1 is 1.11 bits per heavy atom. The molecule has 18 heavy (non-hydrogen) atoms. The number of aryl methyl sites for hydroxylation is 2. The molecule has 0 bridgehead atoms. The van der Waals surface area contributed by atoms with Crippen LogP contribution in [0, 0.1) is 0 Å². The number of para-hydroxylation sites is 1. The molecule has 0 aliphatic rings. The van der Waals surface area contributed by atoms with Crippen LogP contribution >= 0.6 is 0 Å². The molecule has 98 valence electrons. The summed E-state index contributed by atoms with van der Waals surface area (Å²) in [5, 5.41) is 10.3. The van der Waals surface area contributed by atoms with Crippen LogP contribution in [-0.2, 0) is 13.0 Å². The van der Waals surface area contributed by atoms with Crippen molar-refractivity contribution in [2.24, 2.45) is 0 Å². The van der Waals surface area contributed by atoms with Gasteiger partial charge in [-0.15, -0.1) is 0 Å². The fourth-order valence-corrected chi connectivity index (χ4v) is 2.51. The second kappa shape index (κ2) is 6.60. The third kappa shape index (κ3) is 2.94. The molecule has 0 amide bonds. The van der Waals surface area contributed by atoms with Crippen LogP contribution in [-0.4, -0.2) is 16.3 Å². The molecule has 0 aliphatic heterocycles. The van der Waals surface area contributed by atoms with Gasteiger partial charge in [-0.3, -0.25) is 0 Å². The minimum absolute atomic E-state index is 0.273. The maximum Gasteiger partial charge on any atom is 0.0483 e. The number of fused-ring (bicyclic) bond motifs is 1. The average Bonchev–Trinajstić information content (AvgIpc) is 2.76. The van der Waals surface area contributed by atoms with Gasteiger partial charge in [0.05, 0.1) is 0 Å². The second-order valence-electron chi connectivity index (χ2n) is 4.90. The van der Waals surface area contributed by atoms with Crippen molar-refractivity contribution in [2.45, 2.75) is 45.6 Å². The Hall–Kier alpha value is -1.28. The Balaban J connectivity index is 2.23. The van der Waals surface area contributed by atoms with Gasteiger partial charge in [-0.1, -0.05) is 38.0 Å². The molecule has 0 atom stereocenters. The lowest BCUT2D eigenvalue weighted by molar-refractivity contribution is 0.288. The highest BCUT2D eigenvalue weighted by Gasteiger charge is 2.07. The monoisotopic (exact) mass is 245 g/mol. The molecular formula is C16H23NO. The molecule has 2 heteroatoms. The van der Waals surface area contributed by atoms with E-state index in [1.807, 2.05) is 0 Å². The Bertz CT molecular complexity index is 487. The summed E-state index contributed by atoms with van der Waals surface area (Å²) in [7, 11) is 0. The molecule has 1 N–H and O–H groups in total. The summed E-state index contributed by atoms with van der Waals surface area (Å²) in [6.45, 7) is 3.61. The van der Waals surface area contributed by atoms with Gasteiger partial charge < -0.3 is 9.67 Å². The summed E-state index contributed by atoms with van der Waals surface area (Å²) in [6, 6.07) is 8.59. The first kappa shape index (κ1) is 13.2. The number of aliphatic hydroxyl groups excluding tert-OH is 1. The Morgan fingerprint density at radius 3 is 2.72 bits per heavy atom. The molecule has 0 unspecified atom stereocenters. The number of aliphatic hydroxyl groups is 1. The summed E-state index contributed by atoms with van der Waals surface area (Å²) in [4.78, 5) is 0. The van der Waals surface area contributed by atoms with E-state index in [-0.39, 0.29) is 6.61 Å². The van der Waals surface area contributed by atoms with Crippen molar-refractivity contribution >= 4 is 10.9 Å². The van der Waals surface area contributed by atoms with E-state index in [4.69, 9.17) is 5.11 Å². The summed E-state index contributed by atoms with van der Waals surface area (Å²) in [5.41, 5.74) is 2.71. The number of rotatable bonds is 7. The van der Waals surface area contributed by atoms with E-state index in [1.54, 1.807) is 0 Å². The number of unbranched alkanes of at least 4 members (excludes halogenated alkanes) is 2. The lowest BCUT2D eigenvalue weighted by Crippen LogP contribution is -1.95. The zero-order chi connectivity index (χ0) is 12.8. The fraction of sp³-hybridized carbons (Fsp3) is 0.500. The van der Waals surface area contributed by atoms with Gasteiger partial charge in [-0.2, -0.15) is 0 Å². The number of hydrogen-bond acceptors (Lipinski definition) is 1. The van der Waals surface area contributed by atoms with Crippen LogP contribution in [0.15, 0.2) is 30.5 Å². The predicted molar refractivity (Wildman–Crippen MR) is 76.9 cm³/mol. The topological polar surface area (TPSA) is 25.2 Å². The summed E-state index contributed by atoms with van der Waals surface area (Å²) < 4.78 is 2.37. The lowest BCUT2D eigenvalue weighted by atomic mass is 10.1. The molecule has 0 saturated heterocycles.